The van der Waals surface area contributed by atoms with Crippen LogP contribution in [0, 0.1) is 11.8 Å². The second kappa shape index (κ2) is 7.62. The van der Waals surface area contributed by atoms with Crippen molar-refractivity contribution in [2.24, 2.45) is 11.8 Å². The van der Waals surface area contributed by atoms with Crippen LogP contribution in [0.1, 0.15) is 51.4 Å². The molecule has 0 radical (unpaired) electrons. The van der Waals surface area contributed by atoms with Gasteiger partial charge in [-0.2, -0.15) is 0 Å². The molecule has 0 bridgehead atoms. The van der Waals surface area contributed by atoms with E-state index in [1.165, 1.54) is 0 Å². The fraction of sp³-hybridized carbons (Fsp3) is 0.867. The largest absolute Gasteiger partial charge is 0.481 e. The number of carboxylic acid groups (broad SMARTS) is 1. The van der Waals surface area contributed by atoms with Crippen molar-refractivity contribution >= 4 is 11.9 Å². The second-order valence-electron chi connectivity index (χ2n) is 6.17. The van der Waals surface area contributed by atoms with Crippen LogP contribution in [0.2, 0.25) is 0 Å². The summed E-state index contributed by atoms with van der Waals surface area (Å²) in [6.45, 7) is 1.95. The molecule has 3 unspecified atom stereocenters. The molecule has 0 spiro atoms. The maximum atomic E-state index is 12.1. The van der Waals surface area contributed by atoms with Gasteiger partial charge in [0, 0.05) is 12.5 Å². The van der Waals surface area contributed by atoms with Gasteiger partial charge in [0.05, 0.1) is 5.92 Å². The van der Waals surface area contributed by atoms with Crippen LogP contribution in [-0.4, -0.2) is 36.1 Å². The Hall–Kier alpha value is -1.10. The van der Waals surface area contributed by atoms with Crippen LogP contribution in [0.4, 0.5) is 0 Å². The number of hydrogen-bond acceptors (Lipinski definition) is 3. The minimum atomic E-state index is -0.767. The van der Waals surface area contributed by atoms with Gasteiger partial charge in [-0.1, -0.05) is 19.3 Å². The Labute approximate surface area is 120 Å². The molecule has 0 aromatic rings. The molecule has 5 heteroatoms. The summed E-state index contributed by atoms with van der Waals surface area (Å²) in [6, 6.07) is -0.181. The Balaban J connectivity index is 1.85. The van der Waals surface area contributed by atoms with Crippen molar-refractivity contribution in [1.29, 1.82) is 0 Å². The van der Waals surface area contributed by atoms with E-state index in [2.05, 4.69) is 10.6 Å². The van der Waals surface area contributed by atoms with Gasteiger partial charge >= 0.3 is 5.97 Å². The molecular formula is C15H26N2O3. The summed E-state index contributed by atoms with van der Waals surface area (Å²) in [6.07, 6.45) is 7.26. The minimum absolute atomic E-state index is 0.0249. The summed E-state index contributed by atoms with van der Waals surface area (Å²) < 4.78 is 0. The average Bonchev–Trinajstić information content (AvgIpc) is 2.65. The molecule has 5 nitrogen and oxygen atoms in total. The lowest BCUT2D eigenvalue weighted by atomic mass is 9.93. The molecule has 2 aliphatic rings. The van der Waals surface area contributed by atoms with Crippen molar-refractivity contribution in [3.05, 3.63) is 0 Å². The summed E-state index contributed by atoms with van der Waals surface area (Å²) in [5.41, 5.74) is 0. The molecule has 1 aliphatic carbocycles. The maximum Gasteiger partial charge on any atom is 0.308 e. The molecule has 1 aliphatic heterocycles. The lowest BCUT2D eigenvalue weighted by Gasteiger charge is -2.26. The number of carboxylic acids is 1. The highest BCUT2D eigenvalue weighted by atomic mass is 16.4. The van der Waals surface area contributed by atoms with Gasteiger partial charge in [-0.05, 0) is 44.7 Å². The van der Waals surface area contributed by atoms with Crippen LogP contribution in [0.3, 0.4) is 0 Å². The number of aliphatic carboxylic acids is 1. The van der Waals surface area contributed by atoms with Gasteiger partial charge in [0.25, 0.3) is 0 Å². The van der Waals surface area contributed by atoms with E-state index < -0.39 is 11.9 Å². The molecule has 114 valence electrons. The highest BCUT2D eigenvalue weighted by molar-refractivity contribution is 5.78. The summed E-state index contributed by atoms with van der Waals surface area (Å²) >= 11 is 0. The minimum Gasteiger partial charge on any atom is -0.481 e. The Kier molecular flexibility index (Phi) is 5.83. The quantitative estimate of drug-likeness (QED) is 0.683. The fourth-order valence-electron chi connectivity index (χ4n) is 3.40. The van der Waals surface area contributed by atoms with Gasteiger partial charge in [-0.15, -0.1) is 0 Å². The molecule has 0 aromatic heterocycles. The van der Waals surface area contributed by atoms with Gasteiger partial charge in [-0.25, -0.2) is 0 Å². The van der Waals surface area contributed by atoms with E-state index in [1.807, 2.05) is 0 Å². The summed E-state index contributed by atoms with van der Waals surface area (Å²) in [4.78, 5) is 23.5. The van der Waals surface area contributed by atoms with Crippen molar-refractivity contribution in [2.75, 3.05) is 13.1 Å². The second-order valence-corrected chi connectivity index (χ2v) is 6.17. The van der Waals surface area contributed by atoms with Gasteiger partial charge in [-0.3, -0.25) is 9.59 Å². The average molecular weight is 282 g/mol. The van der Waals surface area contributed by atoms with E-state index in [0.29, 0.717) is 18.8 Å². The van der Waals surface area contributed by atoms with Gasteiger partial charge < -0.3 is 15.7 Å². The summed E-state index contributed by atoms with van der Waals surface area (Å²) in [5, 5.41) is 15.6. The first kappa shape index (κ1) is 15.3. The third kappa shape index (κ3) is 4.47. The van der Waals surface area contributed by atoms with Crippen LogP contribution >= 0.6 is 0 Å². The van der Waals surface area contributed by atoms with Crippen molar-refractivity contribution < 1.29 is 14.7 Å². The van der Waals surface area contributed by atoms with Crippen LogP contribution < -0.4 is 10.6 Å². The molecule has 20 heavy (non-hydrogen) atoms. The van der Waals surface area contributed by atoms with Crippen molar-refractivity contribution in [2.45, 2.75) is 57.4 Å². The molecule has 3 N–H and O–H groups in total. The van der Waals surface area contributed by atoms with Gasteiger partial charge in [0.1, 0.15) is 0 Å². The molecular weight excluding hydrogens is 256 g/mol. The molecule has 1 heterocycles. The van der Waals surface area contributed by atoms with Gasteiger partial charge in [0.2, 0.25) is 5.91 Å². The lowest BCUT2D eigenvalue weighted by molar-refractivity contribution is -0.143. The topological polar surface area (TPSA) is 78.4 Å². The Morgan fingerprint density at radius 2 is 1.90 bits per heavy atom. The molecule has 1 saturated heterocycles. The van der Waals surface area contributed by atoms with Gasteiger partial charge in [0.15, 0.2) is 0 Å². The number of nitrogens with one attached hydrogen (secondary N) is 2. The normalized spacial score (nSPS) is 31.3. The summed E-state index contributed by atoms with van der Waals surface area (Å²) in [5.74, 6) is -0.753. The zero-order valence-electron chi connectivity index (χ0n) is 12.1. The zero-order chi connectivity index (χ0) is 14.4. The predicted molar refractivity (Wildman–Crippen MR) is 76.4 cm³/mol. The maximum absolute atomic E-state index is 12.1. The van der Waals surface area contributed by atoms with Crippen LogP contribution in [0.5, 0.6) is 0 Å². The Bertz CT molecular complexity index is 340. The van der Waals surface area contributed by atoms with Crippen molar-refractivity contribution in [1.82, 2.24) is 10.6 Å². The first-order valence-electron chi connectivity index (χ1n) is 7.89. The Morgan fingerprint density at radius 1 is 1.10 bits per heavy atom. The fourth-order valence-corrected chi connectivity index (χ4v) is 3.40. The molecule has 1 saturated carbocycles. The first-order valence-corrected chi connectivity index (χ1v) is 7.89. The molecule has 2 fully saturated rings. The Morgan fingerprint density at radius 3 is 2.60 bits per heavy atom. The van der Waals surface area contributed by atoms with Crippen molar-refractivity contribution in [3.63, 3.8) is 0 Å². The highest BCUT2D eigenvalue weighted by Crippen LogP contribution is 2.24. The van der Waals surface area contributed by atoms with Crippen LogP contribution in [0.15, 0.2) is 0 Å². The van der Waals surface area contributed by atoms with Crippen LogP contribution in [-0.2, 0) is 9.59 Å². The number of rotatable bonds is 4. The SMILES string of the molecule is O=C(CC1CCCNC1)NC1CCCCCC1C(=O)O. The smallest absolute Gasteiger partial charge is 0.308 e. The van der Waals surface area contributed by atoms with E-state index in [1.54, 1.807) is 0 Å². The molecule has 3 atom stereocenters. The first-order chi connectivity index (χ1) is 9.66. The number of carbonyl (C=O) groups is 2. The predicted octanol–water partition coefficient (Wildman–Crippen LogP) is 1.53. The monoisotopic (exact) mass is 282 g/mol. The lowest BCUT2D eigenvalue weighted by Crippen LogP contribution is -2.44. The third-order valence-electron chi connectivity index (χ3n) is 4.55. The standard InChI is InChI=1S/C15H26N2O3/c18-14(9-11-5-4-8-16-10-11)17-13-7-3-1-2-6-12(13)15(19)20/h11-13,16H,1-10H2,(H,17,18)(H,19,20). The van der Waals surface area contributed by atoms with E-state index in [0.717, 1.165) is 51.6 Å². The van der Waals surface area contributed by atoms with E-state index in [-0.39, 0.29) is 11.9 Å². The molecule has 0 aromatic carbocycles. The third-order valence-corrected chi connectivity index (χ3v) is 4.55. The number of amides is 1. The number of carbonyl (C=O) groups excluding carboxylic acids is 1. The molecule has 1 amide bonds. The van der Waals surface area contributed by atoms with Crippen molar-refractivity contribution in [3.8, 4) is 0 Å². The van der Waals surface area contributed by atoms with E-state index >= 15 is 0 Å². The molecule has 2 rings (SSSR count). The van der Waals surface area contributed by atoms with E-state index in [4.69, 9.17) is 0 Å². The highest BCUT2D eigenvalue weighted by Gasteiger charge is 2.31. The van der Waals surface area contributed by atoms with Crippen LogP contribution in [0.25, 0.3) is 0 Å². The summed E-state index contributed by atoms with van der Waals surface area (Å²) in [7, 11) is 0. The number of hydrogen-bond donors (Lipinski definition) is 3. The zero-order valence-corrected chi connectivity index (χ0v) is 12.1. The van der Waals surface area contributed by atoms with E-state index in [9.17, 15) is 14.7 Å². The number of piperidine rings is 1.